The summed E-state index contributed by atoms with van der Waals surface area (Å²) in [5.41, 5.74) is 0.822. The van der Waals surface area contributed by atoms with Crippen LogP contribution in [0.3, 0.4) is 0 Å². The minimum absolute atomic E-state index is 0. The average molecular weight is 358 g/mol. The predicted molar refractivity (Wildman–Crippen MR) is 94.5 cm³/mol. The second-order valence-electron chi connectivity index (χ2n) is 5.46. The number of amides is 2. The van der Waals surface area contributed by atoms with Crippen molar-refractivity contribution in [3.05, 3.63) is 17.7 Å². The van der Waals surface area contributed by atoms with Crippen molar-refractivity contribution < 1.29 is 19.1 Å². The van der Waals surface area contributed by atoms with Gasteiger partial charge in [0.2, 0.25) is 5.91 Å². The van der Waals surface area contributed by atoms with Crippen molar-refractivity contribution >= 4 is 29.9 Å². The number of methoxy groups -OCH3 is 2. The van der Waals surface area contributed by atoms with Crippen molar-refractivity contribution in [3.8, 4) is 11.5 Å². The van der Waals surface area contributed by atoms with Crippen LogP contribution in [0, 0.1) is 0 Å². The molecule has 134 valence electrons. The number of halogens is 1. The molecule has 1 aromatic rings. The first-order chi connectivity index (χ1) is 11.0. The standard InChI is InChI=1S/C16H23N3O4.ClH/c1-10(20)18-13-7-11(8-14(22-2)15(13)23-3)16(21)19-12-5-4-6-17-9-12;/h7-8,12,17H,4-6,9H2,1-3H3,(H,18,20)(H,19,21);1H. The Kier molecular flexibility index (Phi) is 7.81. The van der Waals surface area contributed by atoms with Gasteiger partial charge in [-0.25, -0.2) is 0 Å². The first-order valence-electron chi connectivity index (χ1n) is 7.60. The fraction of sp³-hybridized carbons (Fsp3) is 0.500. The molecule has 1 saturated heterocycles. The highest BCUT2D eigenvalue weighted by molar-refractivity contribution is 5.99. The maximum atomic E-state index is 12.5. The van der Waals surface area contributed by atoms with E-state index in [9.17, 15) is 9.59 Å². The molecule has 2 rings (SSSR count). The van der Waals surface area contributed by atoms with Gasteiger partial charge in [-0.3, -0.25) is 9.59 Å². The van der Waals surface area contributed by atoms with E-state index < -0.39 is 0 Å². The second kappa shape index (κ2) is 9.34. The van der Waals surface area contributed by atoms with Crippen LogP contribution in [0.2, 0.25) is 0 Å². The van der Waals surface area contributed by atoms with Crippen LogP contribution in [0.25, 0.3) is 0 Å². The van der Waals surface area contributed by atoms with Crippen LogP contribution in [0.5, 0.6) is 11.5 Å². The van der Waals surface area contributed by atoms with Crippen molar-refractivity contribution in [1.29, 1.82) is 0 Å². The van der Waals surface area contributed by atoms with Gasteiger partial charge in [0, 0.05) is 25.1 Å². The van der Waals surface area contributed by atoms with E-state index in [1.165, 1.54) is 21.1 Å². The lowest BCUT2D eigenvalue weighted by Gasteiger charge is -2.24. The molecular weight excluding hydrogens is 334 g/mol. The molecule has 0 saturated carbocycles. The summed E-state index contributed by atoms with van der Waals surface area (Å²) >= 11 is 0. The fourth-order valence-electron chi connectivity index (χ4n) is 2.62. The molecule has 1 aromatic carbocycles. The number of ether oxygens (including phenoxy) is 2. The molecule has 1 heterocycles. The van der Waals surface area contributed by atoms with Crippen LogP contribution in [0.1, 0.15) is 30.1 Å². The van der Waals surface area contributed by atoms with Crippen molar-refractivity contribution in [3.63, 3.8) is 0 Å². The van der Waals surface area contributed by atoms with Gasteiger partial charge in [0.15, 0.2) is 11.5 Å². The third kappa shape index (κ3) is 5.01. The number of benzene rings is 1. The summed E-state index contributed by atoms with van der Waals surface area (Å²) in [6, 6.07) is 3.30. The van der Waals surface area contributed by atoms with Crippen molar-refractivity contribution in [2.75, 3.05) is 32.6 Å². The Morgan fingerprint density at radius 3 is 2.54 bits per heavy atom. The summed E-state index contributed by atoms with van der Waals surface area (Å²) in [4.78, 5) is 23.8. The van der Waals surface area contributed by atoms with E-state index in [0.29, 0.717) is 22.7 Å². The molecular formula is C16H24ClN3O4. The van der Waals surface area contributed by atoms with Crippen LogP contribution in [0.4, 0.5) is 5.69 Å². The number of piperidine rings is 1. The van der Waals surface area contributed by atoms with E-state index in [0.717, 1.165) is 25.9 Å². The van der Waals surface area contributed by atoms with Crippen molar-refractivity contribution in [2.24, 2.45) is 0 Å². The molecule has 0 bridgehead atoms. The molecule has 2 amide bonds. The Hall–Kier alpha value is -1.99. The zero-order chi connectivity index (χ0) is 16.8. The highest BCUT2D eigenvalue weighted by atomic mass is 35.5. The van der Waals surface area contributed by atoms with Crippen LogP contribution in [-0.4, -0.2) is 45.2 Å². The molecule has 1 aliphatic rings. The zero-order valence-corrected chi connectivity index (χ0v) is 14.9. The molecule has 1 atom stereocenters. The molecule has 24 heavy (non-hydrogen) atoms. The highest BCUT2D eigenvalue weighted by Crippen LogP contribution is 2.36. The molecule has 1 unspecified atom stereocenters. The lowest BCUT2D eigenvalue weighted by molar-refractivity contribution is -0.114. The monoisotopic (exact) mass is 357 g/mol. The normalized spacial score (nSPS) is 16.5. The molecule has 1 fully saturated rings. The van der Waals surface area contributed by atoms with Gasteiger partial charge in [-0.1, -0.05) is 0 Å². The van der Waals surface area contributed by atoms with Crippen LogP contribution >= 0.6 is 12.4 Å². The molecule has 0 spiro atoms. The number of anilines is 1. The molecule has 7 nitrogen and oxygen atoms in total. The lowest BCUT2D eigenvalue weighted by Crippen LogP contribution is -2.45. The summed E-state index contributed by atoms with van der Waals surface area (Å²) in [5, 5.41) is 8.91. The smallest absolute Gasteiger partial charge is 0.251 e. The summed E-state index contributed by atoms with van der Waals surface area (Å²) in [7, 11) is 2.97. The van der Waals surface area contributed by atoms with E-state index in [1.807, 2.05) is 0 Å². The largest absolute Gasteiger partial charge is 0.493 e. The topological polar surface area (TPSA) is 88.7 Å². The van der Waals surface area contributed by atoms with Gasteiger partial charge in [-0.2, -0.15) is 0 Å². The summed E-state index contributed by atoms with van der Waals surface area (Å²) < 4.78 is 10.5. The zero-order valence-electron chi connectivity index (χ0n) is 14.1. The van der Waals surface area contributed by atoms with Crippen LogP contribution in [0.15, 0.2) is 12.1 Å². The first-order valence-corrected chi connectivity index (χ1v) is 7.60. The summed E-state index contributed by atoms with van der Waals surface area (Å²) in [6.07, 6.45) is 1.98. The molecule has 0 aliphatic carbocycles. The van der Waals surface area contributed by atoms with Gasteiger partial charge in [-0.05, 0) is 31.5 Å². The van der Waals surface area contributed by atoms with Crippen molar-refractivity contribution in [1.82, 2.24) is 10.6 Å². The third-order valence-electron chi connectivity index (χ3n) is 3.68. The average Bonchev–Trinajstić information content (AvgIpc) is 2.54. The van der Waals surface area contributed by atoms with Gasteiger partial charge in [0.1, 0.15) is 0 Å². The number of carbonyl (C=O) groups is 2. The maximum Gasteiger partial charge on any atom is 0.251 e. The van der Waals surface area contributed by atoms with Gasteiger partial charge < -0.3 is 25.4 Å². The molecule has 1 aliphatic heterocycles. The molecule has 0 aromatic heterocycles. The first kappa shape index (κ1) is 20.1. The van der Waals surface area contributed by atoms with E-state index >= 15 is 0 Å². The third-order valence-corrected chi connectivity index (χ3v) is 3.68. The van der Waals surface area contributed by atoms with Gasteiger partial charge in [-0.15, -0.1) is 12.4 Å². The van der Waals surface area contributed by atoms with Gasteiger partial charge in [0.05, 0.1) is 19.9 Å². The maximum absolute atomic E-state index is 12.5. The minimum Gasteiger partial charge on any atom is -0.493 e. The second-order valence-corrected chi connectivity index (χ2v) is 5.46. The Morgan fingerprint density at radius 1 is 1.25 bits per heavy atom. The van der Waals surface area contributed by atoms with Crippen LogP contribution in [-0.2, 0) is 4.79 Å². The molecule has 0 radical (unpaired) electrons. The SMILES string of the molecule is COc1cc(C(=O)NC2CCCNC2)cc(NC(C)=O)c1OC.Cl. The number of carbonyl (C=O) groups excluding carboxylic acids is 2. The molecule has 3 N–H and O–H groups in total. The van der Waals surface area contributed by atoms with Gasteiger partial charge >= 0.3 is 0 Å². The number of nitrogens with one attached hydrogen (secondary N) is 3. The minimum atomic E-state index is -0.251. The Bertz CT molecular complexity index is 589. The number of hydrogen-bond donors (Lipinski definition) is 3. The fourth-order valence-corrected chi connectivity index (χ4v) is 2.62. The summed E-state index contributed by atoms with van der Waals surface area (Å²) in [5.74, 6) is 0.329. The van der Waals surface area contributed by atoms with E-state index in [1.54, 1.807) is 12.1 Å². The number of rotatable bonds is 5. The Morgan fingerprint density at radius 2 is 2.00 bits per heavy atom. The van der Waals surface area contributed by atoms with Gasteiger partial charge in [0.25, 0.3) is 5.91 Å². The lowest BCUT2D eigenvalue weighted by atomic mass is 10.1. The number of hydrogen-bond acceptors (Lipinski definition) is 5. The Balaban J connectivity index is 0.00000288. The quantitative estimate of drug-likeness (QED) is 0.744. The van der Waals surface area contributed by atoms with E-state index in [-0.39, 0.29) is 30.3 Å². The summed E-state index contributed by atoms with van der Waals surface area (Å²) in [6.45, 7) is 3.14. The van der Waals surface area contributed by atoms with Crippen molar-refractivity contribution in [2.45, 2.75) is 25.8 Å². The Labute approximate surface area is 147 Å². The molecule has 8 heteroatoms. The predicted octanol–water partition coefficient (Wildman–Crippen LogP) is 1.57. The van der Waals surface area contributed by atoms with E-state index in [2.05, 4.69) is 16.0 Å². The highest BCUT2D eigenvalue weighted by Gasteiger charge is 2.20. The van der Waals surface area contributed by atoms with E-state index in [4.69, 9.17) is 9.47 Å². The van der Waals surface area contributed by atoms with Crippen LogP contribution < -0.4 is 25.4 Å².